The van der Waals surface area contributed by atoms with E-state index in [4.69, 9.17) is 9.47 Å². The lowest BCUT2D eigenvalue weighted by molar-refractivity contribution is -0.117. The molecule has 0 bridgehead atoms. The van der Waals surface area contributed by atoms with E-state index >= 15 is 0 Å². The third-order valence-corrected chi connectivity index (χ3v) is 3.53. The summed E-state index contributed by atoms with van der Waals surface area (Å²) in [6.07, 6.45) is 4.48. The van der Waals surface area contributed by atoms with Gasteiger partial charge in [-0.1, -0.05) is 0 Å². The summed E-state index contributed by atoms with van der Waals surface area (Å²) in [7, 11) is 0. The van der Waals surface area contributed by atoms with E-state index in [1.54, 1.807) is 0 Å². The van der Waals surface area contributed by atoms with Gasteiger partial charge in [0.25, 0.3) is 0 Å². The van der Waals surface area contributed by atoms with Crippen LogP contribution in [0.5, 0.6) is 5.75 Å². The molecule has 102 valence electrons. The molecule has 1 atom stereocenters. The van der Waals surface area contributed by atoms with E-state index in [0.29, 0.717) is 6.61 Å². The average Bonchev–Trinajstić information content (AvgIpc) is 3.16. The maximum absolute atomic E-state index is 11.6. The minimum atomic E-state index is 0.132. The molecular weight excluding hydrogens is 242 g/mol. The van der Waals surface area contributed by atoms with Crippen molar-refractivity contribution in [3.63, 3.8) is 0 Å². The summed E-state index contributed by atoms with van der Waals surface area (Å²) in [6, 6.07) is 7.53. The van der Waals surface area contributed by atoms with Crippen LogP contribution in [-0.4, -0.2) is 25.2 Å². The summed E-state index contributed by atoms with van der Waals surface area (Å²) in [5.41, 5.74) is 0.835. The fourth-order valence-electron chi connectivity index (χ4n) is 2.19. The Morgan fingerprint density at radius 3 is 2.68 bits per heavy atom. The number of anilines is 1. The molecule has 1 aromatic carbocycles. The van der Waals surface area contributed by atoms with Gasteiger partial charge in [-0.05, 0) is 49.9 Å². The average molecular weight is 261 g/mol. The lowest BCUT2D eigenvalue weighted by Crippen LogP contribution is -2.16. The first-order chi connectivity index (χ1) is 9.31. The van der Waals surface area contributed by atoms with Gasteiger partial charge in [-0.2, -0.15) is 0 Å². The highest BCUT2D eigenvalue weighted by molar-refractivity contribution is 5.94. The van der Waals surface area contributed by atoms with Crippen molar-refractivity contribution in [2.75, 3.05) is 18.5 Å². The summed E-state index contributed by atoms with van der Waals surface area (Å²) in [5, 5.41) is 2.91. The highest BCUT2D eigenvalue weighted by atomic mass is 16.5. The number of ether oxygens (including phenoxy) is 2. The van der Waals surface area contributed by atoms with Crippen LogP contribution in [0.1, 0.15) is 25.7 Å². The van der Waals surface area contributed by atoms with E-state index in [0.717, 1.165) is 43.7 Å². The first-order valence-corrected chi connectivity index (χ1v) is 6.96. The normalized spacial score (nSPS) is 22.2. The zero-order valence-electron chi connectivity index (χ0n) is 10.9. The Labute approximate surface area is 113 Å². The van der Waals surface area contributed by atoms with Crippen molar-refractivity contribution in [3.05, 3.63) is 24.3 Å². The van der Waals surface area contributed by atoms with Gasteiger partial charge in [0.1, 0.15) is 12.4 Å². The van der Waals surface area contributed by atoms with Crippen molar-refractivity contribution in [2.24, 2.45) is 5.92 Å². The van der Waals surface area contributed by atoms with Crippen molar-refractivity contribution in [2.45, 2.75) is 31.8 Å². The lowest BCUT2D eigenvalue weighted by atomic mass is 10.2. The Morgan fingerprint density at radius 2 is 2.05 bits per heavy atom. The molecule has 0 radical (unpaired) electrons. The highest BCUT2D eigenvalue weighted by Crippen LogP contribution is 2.30. The van der Waals surface area contributed by atoms with Gasteiger partial charge in [0.2, 0.25) is 5.91 Å². The number of carbonyl (C=O) groups excluding carboxylic acids is 1. The maximum Gasteiger partial charge on any atom is 0.227 e. The molecule has 0 spiro atoms. The lowest BCUT2D eigenvalue weighted by Gasteiger charge is -2.12. The van der Waals surface area contributed by atoms with Crippen LogP contribution in [0.4, 0.5) is 5.69 Å². The standard InChI is InChI=1S/C15H19NO3/c17-15(11-3-4-11)16-12-5-7-13(8-6-12)19-10-14-2-1-9-18-14/h5-8,11,14H,1-4,9-10H2,(H,16,17)/t14-/m1/s1. The Balaban J connectivity index is 1.48. The molecule has 1 saturated heterocycles. The van der Waals surface area contributed by atoms with Crippen LogP contribution in [-0.2, 0) is 9.53 Å². The van der Waals surface area contributed by atoms with Gasteiger partial charge in [-0.15, -0.1) is 0 Å². The smallest absolute Gasteiger partial charge is 0.227 e. The summed E-state index contributed by atoms with van der Waals surface area (Å²) < 4.78 is 11.2. The van der Waals surface area contributed by atoms with E-state index in [1.807, 2.05) is 24.3 Å². The topological polar surface area (TPSA) is 47.6 Å². The summed E-state index contributed by atoms with van der Waals surface area (Å²) >= 11 is 0. The van der Waals surface area contributed by atoms with Crippen LogP contribution < -0.4 is 10.1 Å². The number of rotatable bonds is 5. The molecule has 1 N–H and O–H groups in total. The number of carbonyl (C=O) groups is 1. The van der Waals surface area contributed by atoms with E-state index in [1.165, 1.54) is 0 Å². The predicted octanol–water partition coefficient (Wildman–Crippen LogP) is 2.59. The third kappa shape index (κ3) is 3.47. The molecule has 1 aromatic rings. The van der Waals surface area contributed by atoms with Crippen molar-refractivity contribution >= 4 is 11.6 Å². The van der Waals surface area contributed by atoms with E-state index in [2.05, 4.69) is 5.32 Å². The molecule has 0 unspecified atom stereocenters. The zero-order valence-corrected chi connectivity index (χ0v) is 10.9. The molecule has 19 heavy (non-hydrogen) atoms. The van der Waals surface area contributed by atoms with Gasteiger partial charge in [0.15, 0.2) is 0 Å². The Morgan fingerprint density at radius 1 is 1.26 bits per heavy atom. The van der Waals surface area contributed by atoms with Gasteiger partial charge in [-0.25, -0.2) is 0 Å². The SMILES string of the molecule is O=C(Nc1ccc(OC[C@H]2CCCO2)cc1)C1CC1. The molecule has 1 saturated carbocycles. The Bertz CT molecular complexity index is 433. The fraction of sp³-hybridized carbons (Fsp3) is 0.533. The minimum absolute atomic E-state index is 0.132. The molecule has 2 aliphatic rings. The van der Waals surface area contributed by atoms with E-state index in [-0.39, 0.29) is 17.9 Å². The molecule has 1 heterocycles. The van der Waals surface area contributed by atoms with E-state index in [9.17, 15) is 4.79 Å². The number of benzene rings is 1. The first-order valence-electron chi connectivity index (χ1n) is 6.96. The number of hydrogen-bond acceptors (Lipinski definition) is 3. The van der Waals surface area contributed by atoms with Gasteiger partial charge in [-0.3, -0.25) is 4.79 Å². The van der Waals surface area contributed by atoms with Gasteiger partial charge in [0.05, 0.1) is 6.10 Å². The largest absolute Gasteiger partial charge is 0.491 e. The van der Waals surface area contributed by atoms with E-state index < -0.39 is 0 Å². The predicted molar refractivity (Wildman–Crippen MR) is 72.3 cm³/mol. The van der Waals surface area contributed by atoms with Crippen molar-refractivity contribution in [3.8, 4) is 5.75 Å². The molecule has 4 heteroatoms. The monoisotopic (exact) mass is 261 g/mol. The quantitative estimate of drug-likeness (QED) is 0.886. The Hall–Kier alpha value is -1.55. The van der Waals surface area contributed by atoms with Crippen LogP contribution >= 0.6 is 0 Å². The molecule has 2 fully saturated rings. The van der Waals surface area contributed by atoms with Crippen molar-refractivity contribution < 1.29 is 14.3 Å². The van der Waals surface area contributed by atoms with Gasteiger partial charge >= 0.3 is 0 Å². The number of nitrogens with one attached hydrogen (secondary N) is 1. The van der Waals surface area contributed by atoms with Gasteiger partial charge < -0.3 is 14.8 Å². The second-order valence-corrected chi connectivity index (χ2v) is 5.23. The van der Waals surface area contributed by atoms with Crippen LogP contribution in [0.15, 0.2) is 24.3 Å². The molecule has 0 aromatic heterocycles. The second kappa shape index (κ2) is 5.61. The van der Waals surface area contributed by atoms with Gasteiger partial charge in [0, 0.05) is 18.2 Å². The second-order valence-electron chi connectivity index (χ2n) is 5.23. The van der Waals surface area contributed by atoms with Crippen LogP contribution in [0.25, 0.3) is 0 Å². The van der Waals surface area contributed by atoms with Crippen LogP contribution in [0, 0.1) is 5.92 Å². The maximum atomic E-state index is 11.6. The number of hydrogen-bond donors (Lipinski definition) is 1. The number of amides is 1. The summed E-state index contributed by atoms with van der Waals surface area (Å²) in [5.74, 6) is 1.18. The molecule has 4 nitrogen and oxygen atoms in total. The zero-order chi connectivity index (χ0) is 13.1. The minimum Gasteiger partial charge on any atom is -0.491 e. The molecule has 3 rings (SSSR count). The summed E-state index contributed by atoms with van der Waals surface area (Å²) in [4.78, 5) is 11.6. The van der Waals surface area contributed by atoms with Crippen LogP contribution in [0.3, 0.4) is 0 Å². The highest BCUT2D eigenvalue weighted by Gasteiger charge is 2.29. The first kappa shape index (κ1) is 12.5. The van der Waals surface area contributed by atoms with Crippen molar-refractivity contribution in [1.29, 1.82) is 0 Å². The Kier molecular flexibility index (Phi) is 3.69. The molecular formula is C15H19NO3. The third-order valence-electron chi connectivity index (χ3n) is 3.53. The molecule has 1 aliphatic heterocycles. The molecule has 1 amide bonds. The van der Waals surface area contributed by atoms with Crippen LogP contribution in [0.2, 0.25) is 0 Å². The molecule has 1 aliphatic carbocycles. The van der Waals surface area contributed by atoms with Crippen molar-refractivity contribution in [1.82, 2.24) is 0 Å². The fourth-order valence-corrected chi connectivity index (χ4v) is 2.19. The summed E-state index contributed by atoms with van der Waals surface area (Å²) in [6.45, 7) is 1.45.